The molecule has 0 spiro atoms. The highest BCUT2D eigenvalue weighted by molar-refractivity contribution is 5.95. The van der Waals surface area contributed by atoms with Gasteiger partial charge in [0.15, 0.2) is 6.10 Å². The maximum Gasteiger partial charge on any atom is 0.408 e. The minimum atomic E-state index is -1.49. The van der Waals surface area contributed by atoms with Crippen LogP contribution in [0.1, 0.15) is 74.7 Å². The van der Waals surface area contributed by atoms with Gasteiger partial charge in [0.05, 0.1) is 19.3 Å². The van der Waals surface area contributed by atoms with Crippen molar-refractivity contribution >= 4 is 41.7 Å². The van der Waals surface area contributed by atoms with Crippen LogP contribution >= 0.6 is 0 Å². The van der Waals surface area contributed by atoms with Gasteiger partial charge in [0.25, 0.3) is 0 Å². The van der Waals surface area contributed by atoms with E-state index in [0.717, 1.165) is 7.11 Å². The fourth-order valence-corrected chi connectivity index (χ4v) is 4.39. The van der Waals surface area contributed by atoms with Crippen LogP contribution in [0.15, 0.2) is 0 Å². The van der Waals surface area contributed by atoms with Crippen LogP contribution in [0.3, 0.4) is 0 Å². The van der Waals surface area contributed by atoms with E-state index in [1.54, 1.807) is 55.4 Å². The van der Waals surface area contributed by atoms with Gasteiger partial charge in [-0.1, -0.05) is 13.8 Å². The van der Waals surface area contributed by atoms with E-state index in [-0.39, 0.29) is 12.5 Å². The van der Waals surface area contributed by atoms with E-state index >= 15 is 0 Å². The van der Waals surface area contributed by atoms with Crippen molar-refractivity contribution in [3.05, 3.63) is 0 Å². The van der Waals surface area contributed by atoms with Crippen LogP contribution in [0.4, 0.5) is 4.79 Å². The number of amides is 5. The third-order valence-electron chi connectivity index (χ3n) is 6.37. The normalized spacial score (nSPS) is 17.0. The Kier molecular flexibility index (Phi) is 14.7. The Morgan fingerprint density at radius 2 is 1.53 bits per heavy atom. The summed E-state index contributed by atoms with van der Waals surface area (Å²) in [6.45, 7) is 12.6. The number of ether oxygens (including phenoxy) is 3. The Balaban J connectivity index is 2.96. The van der Waals surface area contributed by atoms with Gasteiger partial charge in [-0.3, -0.25) is 24.0 Å². The second-order valence-electron chi connectivity index (χ2n) is 13.0. The molecule has 0 aromatic carbocycles. The molecular formula is C29H49N5O11. The van der Waals surface area contributed by atoms with Crippen molar-refractivity contribution in [2.24, 2.45) is 5.92 Å². The van der Waals surface area contributed by atoms with Gasteiger partial charge in [-0.15, -0.1) is 0 Å². The molecule has 0 aliphatic carbocycles. The molecule has 1 unspecified atom stereocenters. The molecule has 1 saturated heterocycles. The fraction of sp³-hybridized carbons (Fsp3) is 0.759. The Morgan fingerprint density at radius 1 is 0.911 bits per heavy atom. The molecule has 0 aromatic heterocycles. The molecule has 5 amide bonds. The smallest absolute Gasteiger partial charge is 0.408 e. The maximum absolute atomic E-state index is 13.4. The molecule has 1 rings (SSSR count). The summed E-state index contributed by atoms with van der Waals surface area (Å²) in [6, 6.07) is -3.32. The number of carbonyl (C=O) groups excluding carboxylic acids is 6. The zero-order valence-electron chi connectivity index (χ0n) is 27.6. The standard InChI is InChI=1S/C29H49N5O11/c1-16(2)22(33-27(42)45-29(6,7)8)25(39)34-12-10-11-18(34)24(38)30-14-20(35)32-17(23(37)31-15-21(36)43-9)13-19(26(40)41)44-28(3,4)5/h16-19,22H,10-15H2,1-9H3,(H,30,38)(H,31,37)(H,32,35)(H,33,42)(H,40,41)/t17-,18-,19?,22-/m0/s1. The van der Waals surface area contributed by atoms with E-state index in [1.165, 1.54) is 4.90 Å². The van der Waals surface area contributed by atoms with Gasteiger partial charge in [0, 0.05) is 13.0 Å². The van der Waals surface area contributed by atoms with Gasteiger partial charge >= 0.3 is 18.0 Å². The van der Waals surface area contributed by atoms with E-state index in [4.69, 9.17) is 9.47 Å². The van der Waals surface area contributed by atoms with Crippen molar-refractivity contribution in [3.8, 4) is 0 Å². The Bertz CT molecular complexity index is 1100. The van der Waals surface area contributed by atoms with Crippen molar-refractivity contribution in [3.63, 3.8) is 0 Å². The number of likely N-dealkylation sites (tertiary alicyclic amines) is 1. The number of nitrogens with one attached hydrogen (secondary N) is 4. The van der Waals surface area contributed by atoms with Crippen molar-refractivity contribution in [2.75, 3.05) is 26.7 Å². The zero-order valence-corrected chi connectivity index (χ0v) is 27.6. The topological polar surface area (TPSA) is 219 Å². The Labute approximate surface area is 263 Å². The van der Waals surface area contributed by atoms with Crippen LogP contribution < -0.4 is 21.3 Å². The summed E-state index contributed by atoms with van der Waals surface area (Å²) in [5.74, 6) is -5.25. The van der Waals surface area contributed by atoms with Gasteiger partial charge in [0.2, 0.25) is 23.6 Å². The molecule has 1 aliphatic rings. The third-order valence-corrected chi connectivity index (χ3v) is 6.37. The van der Waals surface area contributed by atoms with Crippen LogP contribution in [0.5, 0.6) is 0 Å². The lowest BCUT2D eigenvalue weighted by atomic mass is 10.0. The quantitative estimate of drug-likeness (QED) is 0.160. The summed E-state index contributed by atoms with van der Waals surface area (Å²) in [4.78, 5) is 89.2. The third kappa shape index (κ3) is 14.1. The summed E-state index contributed by atoms with van der Waals surface area (Å²) in [6.07, 6.45) is -1.91. The van der Waals surface area contributed by atoms with E-state index in [9.17, 15) is 38.7 Å². The molecule has 0 bridgehead atoms. The molecule has 1 aliphatic heterocycles. The number of hydrogen-bond donors (Lipinski definition) is 5. The van der Waals surface area contributed by atoms with Gasteiger partial charge in [0.1, 0.15) is 30.3 Å². The molecule has 0 aromatic rings. The number of aliphatic carboxylic acids is 1. The van der Waals surface area contributed by atoms with E-state index in [2.05, 4.69) is 26.0 Å². The predicted octanol–water partition coefficient (Wildman–Crippen LogP) is 0.0753. The van der Waals surface area contributed by atoms with Gasteiger partial charge < -0.3 is 45.5 Å². The number of carboxylic acid groups (broad SMARTS) is 1. The minimum Gasteiger partial charge on any atom is -0.479 e. The van der Waals surface area contributed by atoms with Crippen LogP contribution in [-0.2, 0) is 43.0 Å². The highest BCUT2D eigenvalue weighted by Crippen LogP contribution is 2.21. The zero-order chi connectivity index (χ0) is 34.7. The average molecular weight is 644 g/mol. The number of nitrogens with zero attached hydrogens (tertiary/aromatic N) is 1. The van der Waals surface area contributed by atoms with Crippen molar-refractivity contribution in [1.29, 1.82) is 0 Å². The van der Waals surface area contributed by atoms with Crippen LogP contribution in [0.25, 0.3) is 0 Å². The molecule has 5 N–H and O–H groups in total. The van der Waals surface area contributed by atoms with E-state index in [0.29, 0.717) is 12.8 Å². The van der Waals surface area contributed by atoms with Gasteiger partial charge in [-0.2, -0.15) is 0 Å². The maximum atomic E-state index is 13.4. The molecule has 1 heterocycles. The Hall–Kier alpha value is -3.95. The summed E-state index contributed by atoms with van der Waals surface area (Å²) >= 11 is 0. The predicted molar refractivity (Wildman–Crippen MR) is 160 cm³/mol. The first-order chi connectivity index (χ1) is 20.6. The van der Waals surface area contributed by atoms with Crippen molar-refractivity contribution < 1.29 is 52.9 Å². The molecule has 0 saturated carbocycles. The molecule has 0 radical (unpaired) electrons. The highest BCUT2D eigenvalue weighted by Gasteiger charge is 2.39. The number of methoxy groups -OCH3 is 1. The number of rotatable bonds is 14. The lowest BCUT2D eigenvalue weighted by molar-refractivity contribution is -0.162. The van der Waals surface area contributed by atoms with Crippen molar-refractivity contribution in [2.45, 2.75) is 110 Å². The highest BCUT2D eigenvalue weighted by atomic mass is 16.6. The van der Waals surface area contributed by atoms with Crippen LogP contribution in [0.2, 0.25) is 0 Å². The van der Waals surface area contributed by atoms with Crippen molar-refractivity contribution in [1.82, 2.24) is 26.2 Å². The first-order valence-electron chi connectivity index (χ1n) is 14.8. The number of esters is 1. The van der Waals surface area contributed by atoms with Gasteiger partial charge in [-0.25, -0.2) is 9.59 Å². The fourth-order valence-electron chi connectivity index (χ4n) is 4.39. The number of carboxylic acids is 1. The molecular weight excluding hydrogens is 594 g/mol. The van der Waals surface area contributed by atoms with Crippen LogP contribution in [-0.4, -0.2) is 114 Å². The Morgan fingerprint density at radius 3 is 2.04 bits per heavy atom. The first-order valence-corrected chi connectivity index (χ1v) is 14.8. The van der Waals surface area contributed by atoms with Crippen LogP contribution in [0, 0.1) is 5.92 Å². The molecule has 256 valence electrons. The number of alkyl carbamates (subject to hydrolysis) is 1. The monoisotopic (exact) mass is 643 g/mol. The molecule has 16 heteroatoms. The summed E-state index contributed by atoms with van der Waals surface area (Å²) in [5.41, 5.74) is -1.67. The lowest BCUT2D eigenvalue weighted by Crippen LogP contribution is -2.56. The number of carbonyl (C=O) groups is 7. The average Bonchev–Trinajstić information content (AvgIpc) is 3.40. The molecule has 16 nitrogen and oxygen atoms in total. The SMILES string of the molecule is COC(=O)CNC(=O)[C@H](CC(OC(C)(C)C)C(=O)O)NC(=O)CNC(=O)[C@@H]1CCCN1C(=O)[C@@H](NC(=O)OC(C)(C)C)C(C)C. The molecule has 1 fully saturated rings. The summed E-state index contributed by atoms with van der Waals surface area (Å²) in [7, 11) is 1.12. The molecule has 4 atom stereocenters. The molecule has 45 heavy (non-hydrogen) atoms. The second-order valence-corrected chi connectivity index (χ2v) is 13.0. The largest absolute Gasteiger partial charge is 0.479 e. The second kappa shape index (κ2) is 16.9. The minimum absolute atomic E-state index is 0.259. The van der Waals surface area contributed by atoms with Gasteiger partial charge in [-0.05, 0) is 60.3 Å². The van der Waals surface area contributed by atoms with E-state index < -0.39 is 96.6 Å². The summed E-state index contributed by atoms with van der Waals surface area (Å²) in [5, 5.41) is 19.3. The van der Waals surface area contributed by atoms with E-state index in [1.807, 2.05) is 0 Å². The summed E-state index contributed by atoms with van der Waals surface area (Å²) < 4.78 is 15.3. The number of hydrogen-bond acceptors (Lipinski definition) is 10. The first kappa shape index (κ1) is 39.1. The lowest BCUT2D eigenvalue weighted by Gasteiger charge is -2.31.